The van der Waals surface area contributed by atoms with Gasteiger partial charge in [-0.15, -0.1) is 0 Å². The number of hydrogen-bond donors (Lipinski definition) is 3. The van der Waals surface area contributed by atoms with E-state index in [-0.39, 0.29) is 24.0 Å². The van der Waals surface area contributed by atoms with Gasteiger partial charge in [0.25, 0.3) is 0 Å². The van der Waals surface area contributed by atoms with Gasteiger partial charge in [0.15, 0.2) is 0 Å². The summed E-state index contributed by atoms with van der Waals surface area (Å²) in [5.74, 6) is 1.49. The number of methoxy groups -OCH3 is 1. The Hall–Kier alpha value is -3.78. The minimum Gasteiger partial charge on any atom is -0.497 e. The molecule has 1 atom stereocenters. The van der Waals surface area contributed by atoms with E-state index in [1.54, 1.807) is 25.8 Å². The van der Waals surface area contributed by atoms with Gasteiger partial charge in [0.2, 0.25) is 11.8 Å². The number of aromatic amines is 1. The van der Waals surface area contributed by atoms with Gasteiger partial charge < -0.3 is 25.1 Å². The molecule has 0 aliphatic heterocycles. The molecule has 198 valence electrons. The van der Waals surface area contributed by atoms with Gasteiger partial charge in [0, 0.05) is 34.5 Å². The first-order valence-corrected chi connectivity index (χ1v) is 13.8. The number of fused-ring (bicyclic) bond motifs is 2. The molecule has 0 unspecified atom stereocenters. The Morgan fingerprint density at radius 2 is 1.82 bits per heavy atom. The molecule has 3 aromatic carbocycles. The van der Waals surface area contributed by atoms with Crippen molar-refractivity contribution in [2.24, 2.45) is 0 Å². The molecule has 0 spiro atoms. The Labute approximate surface area is 226 Å². The van der Waals surface area contributed by atoms with E-state index in [1.807, 2.05) is 67.6 Å². The molecule has 2 amide bonds. The van der Waals surface area contributed by atoms with Crippen LogP contribution in [-0.2, 0) is 20.8 Å². The number of aromatic nitrogens is 1. The van der Waals surface area contributed by atoms with Crippen LogP contribution in [0.1, 0.15) is 31.0 Å². The van der Waals surface area contributed by atoms with Crippen LogP contribution in [0, 0.1) is 6.92 Å². The maximum Gasteiger partial charge on any atom is 0.247 e. The number of ether oxygens (including phenoxy) is 1. The molecule has 4 aromatic rings. The van der Waals surface area contributed by atoms with E-state index in [1.165, 1.54) is 0 Å². The smallest absolute Gasteiger partial charge is 0.247 e. The third kappa shape index (κ3) is 6.95. The summed E-state index contributed by atoms with van der Waals surface area (Å²) < 4.78 is 5.36. The first kappa shape index (κ1) is 27.3. The SMILES string of the molecule is COc1ccc2[nH]c(C)c(CC(=O)N[C@@H](CSCCCC(C)=O)C(=O)Nc3ccc4ccccc4c3)c2c1. The zero-order valence-electron chi connectivity index (χ0n) is 21.9. The normalized spacial score (nSPS) is 11.9. The summed E-state index contributed by atoms with van der Waals surface area (Å²) in [6.45, 7) is 3.51. The van der Waals surface area contributed by atoms with Gasteiger partial charge >= 0.3 is 0 Å². The third-order valence-corrected chi connectivity index (χ3v) is 7.58. The standard InChI is InChI=1S/C30H33N3O4S/c1-19(34)7-6-14-38-18-28(30(36)32-23-11-10-21-8-4-5-9-22(21)15-23)33-29(35)17-25-20(2)31-27-13-12-24(37-3)16-26(25)27/h4-5,8-13,15-16,28,31H,6-7,14,17-18H2,1-3H3,(H,32,36)(H,33,35)/t28-/m0/s1. The van der Waals surface area contributed by atoms with Crippen molar-refractivity contribution in [1.82, 2.24) is 10.3 Å². The Kier molecular flexibility index (Phi) is 9.07. The summed E-state index contributed by atoms with van der Waals surface area (Å²) in [6, 6.07) is 18.7. The second-order valence-electron chi connectivity index (χ2n) is 9.37. The Bertz CT molecular complexity index is 1460. The van der Waals surface area contributed by atoms with Crippen molar-refractivity contribution in [1.29, 1.82) is 0 Å². The number of hydrogen-bond acceptors (Lipinski definition) is 5. The highest BCUT2D eigenvalue weighted by Gasteiger charge is 2.23. The molecule has 0 aliphatic carbocycles. The molecular formula is C30H33N3O4S. The number of H-pyrrole nitrogens is 1. The molecule has 0 fully saturated rings. The number of carbonyl (C=O) groups excluding carboxylic acids is 3. The van der Waals surface area contributed by atoms with E-state index in [2.05, 4.69) is 15.6 Å². The van der Waals surface area contributed by atoms with Gasteiger partial charge in [0.05, 0.1) is 13.5 Å². The molecule has 0 saturated carbocycles. The third-order valence-electron chi connectivity index (χ3n) is 6.43. The minimum atomic E-state index is -0.726. The zero-order chi connectivity index (χ0) is 27.1. The highest BCUT2D eigenvalue weighted by atomic mass is 32.2. The van der Waals surface area contributed by atoms with Crippen molar-refractivity contribution < 1.29 is 19.1 Å². The number of carbonyl (C=O) groups is 3. The second kappa shape index (κ2) is 12.6. The van der Waals surface area contributed by atoms with E-state index in [0.29, 0.717) is 23.6 Å². The fraction of sp³-hybridized carbons (Fsp3) is 0.300. The van der Waals surface area contributed by atoms with Crippen molar-refractivity contribution in [2.75, 3.05) is 23.9 Å². The minimum absolute atomic E-state index is 0.133. The molecule has 4 rings (SSSR count). The second-order valence-corrected chi connectivity index (χ2v) is 10.5. The lowest BCUT2D eigenvalue weighted by molar-refractivity contribution is -0.125. The van der Waals surface area contributed by atoms with Crippen LogP contribution in [-0.4, -0.2) is 47.2 Å². The number of Topliss-reactive ketones (excluding diaryl/α,β-unsaturated/α-hetero) is 1. The zero-order valence-corrected chi connectivity index (χ0v) is 22.7. The average Bonchev–Trinajstić information content (AvgIpc) is 3.21. The summed E-state index contributed by atoms with van der Waals surface area (Å²) in [5.41, 5.74) is 3.38. The quantitative estimate of drug-likeness (QED) is 0.212. The summed E-state index contributed by atoms with van der Waals surface area (Å²) in [7, 11) is 1.61. The number of nitrogens with one attached hydrogen (secondary N) is 3. The molecule has 0 saturated heterocycles. The predicted molar refractivity (Wildman–Crippen MR) is 155 cm³/mol. The molecule has 1 heterocycles. The summed E-state index contributed by atoms with van der Waals surface area (Å²) in [6.07, 6.45) is 1.38. The van der Waals surface area contributed by atoms with E-state index >= 15 is 0 Å². The van der Waals surface area contributed by atoms with Crippen molar-refractivity contribution in [3.8, 4) is 5.75 Å². The van der Waals surface area contributed by atoms with E-state index in [0.717, 1.165) is 45.1 Å². The Morgan fingerprint density at radius 3 is 2.58 bits per heavy atom. The molecule has 3 N–H and O–H groups in total. The van der Waals surface area contributed by atoms with Crippen LogP contribution in [0.25, 0.3) is 21.7 Å². The monoisotopic (exact) mass is 531 g/mol. The largest absolute Gasteiger partial charge is 0.497 e. The molecule has 8 heteroatoms. The molecule has 0 bridgehead atoms. The topological polar surface area (TPSA) is 100 Å². The van der Waals surface area contributed by atoms with E-state index in [9.17, 15) is 14.4 Å². The van der Waals surface area contributed by atoms with Crippen LogP contribution < -0.4 is 15.4 Å². The van der Waals surface area contributed by atoms with Crippen molar-refractivity contribution in [2.45, 2.75) is 39.2 Å². The lowest BCUT2D eigenvalue weighted by Gasteiger charge is -2.19. The van der Waals surface area contributed by atoms with E-state index < -0.39 is 6.04 Å². The number of thioether (sulfide) groups is 1. The van der Waals surface area contributed by atoms with Crippen LogP contribution in [0.2, 0.25) is 0 Å². The predicted octanol–water partition coefficient (Wildman–Crippen LogP) is 5.41. The van der Waals surface area contributed by atoms with Crippen LogP contribution in [0.5, 0.6) is 5.75 Å². The van der Waals surface area contributed by atoms with Gasteiger partial charge in [-0.2, -0.15) is 11.8 Å². The van der Waals surface area contributed by atoms with Crippen molar-refractivity contribution >= 4 is 56.7 Å². The molecule has 0 aliphatic rings. The molecule has 7 nitrogen and oxygen atoms in total. The van der Waals surface area contributed by atoms with Gasteiger partial charge in [-0.05, 0) is 72.7 Å². The van der Waals surface area contributed by atoms with Gasteiger partial charge in [0.1, 0.15) is 17.6 Å². The number of anilines is 1. The summed E-state index contributed by atoms with van der Waals surface area (Å²) in [4.78, 5) is 41.1. The fourth-order valence-corrected chi connectivity index (χ4v) is 5.41. The molecule has 1 aromatic heterocycles. The number of benzene rings is 3. The first-order chi connectivity index (χ1) is 18.3. The number of ketones is 1. The van der Waals surface area contributed by atoms with Crippen LogP contribution >= 0.6 is 11.8 Å². The Balaban J connectivity index is 1.47. The first-order valence-electron chi connectivity index (χ1n) is 12.7. The molecule has 0 radical (unpaired) electrons. The highest BCUT2D eigenvalue weighted by Crippen LogP contribution is 2.27. The van der Waals surface area contributed by atoms with Gasteiger partial charge in [-0.25, -0.2) is 0 Å². The molecule has 38 heavy (non-hydrogen) atoms. The molecular weight excluding hydrogens is 498 g/mol. The number of aryl methyl sites for hydroxylation is 1. The maximum atomic E-state index is 13.3. The summed E-state index contributed by atoms with van der Waals surface area (Å²) >= 11 is 1.55. The highest BCUT2D eigenvalue weighted by molar-refractivity contribution is 7.99. The average molecular weight is 532 g/mol. The van der Waals surface area contributed by atoms with Crippen molar-refractivity contribution in [3.63, 3.8) is 0 Å². The number of amides is 2. The van der Waals surface area contributed by atoms with Crippen LogP contribution in [0.3, 0.4) is 0 Å². The van der Waals surface area contributed by atoms with Crippen LogP contribution in [0.4, 0.5) is 5.69 Å². The van der Waals surface area contributed by atoms with Gasteiger partial charge in [-0.1, -0.05) is 30.3 Å². The lowest BCUT2D eigenvalue weighted by atomic mass is 10.1. The fourth-order valence-electron chi connectivity index (χ4n) is 4.43. The van der Waals surface area contributed by atoms with Crippen molar-refractivity contribution in [3.05, 3.63) is 71.9 Å². The maximum absolute atomic E-state index is 13.3. The number of rotatable bonds is 12. The van der Waals surface area contributed by atoms with E-state index in [4.69, 9.17) is 4.74 Å². The van der Waals surface area contributed by atoms with Gasteiger partial charge in [-0.3, -0.25) is 9.59 Å². The van der Waals surface area contributed by atoms with Crippen LogP contribution in [0.15, 0.2) is 60.7 Å². The lowest BCUT2D eigenvalue weighted by Crippen LogP contribution is -2.46. The summed E-state index contributed by atoms with van der Waals surface area (Å²) in [5, 5.41) is 8.95. The Morgan fingerprint density at radius 1 is 1.03 bits per heavy atom.